The van der Waals surface area contributed by atoms with Crippen molar-refractivity contribution >= 4 is 0 Å². The van der Waals surface area contributed by atoms with Crippen LogP contribution >= 0.6 is 0 Å². The molecule has 0 spiro atoms. The molecular weight excluding hydrogens is 1010 g/mol. The minimum atomic E-state index is -0.135. The summed E-state index contributed by atoms with van der Waals surface area (Å²) in [6.45, 7) is 18.6. The molecule has 81 heavy (non-hydrogen) atoms. The van der Waals surface area contributed by atoms with Crippen LogP contribution in [0.25, 0.3) is 0 Å². The maximum Gasteiger partial charge on any atom is 0.127 e. The summed E-state index contributed by atoms with van der Waals surface area (Å²) >= 11 is 0. The van der Waals surface area contributed by atoms with Crippen molar-refractivity contribution in [3.63, 3.8) is 0 Å². The van der Waals surface area contributed by atoms with Crippen molar-refractivity contribution in [2.24, 2.45) is 0 Å². The summed E-state index contributed by atoms with van der Waals surface area (Å²) in [5, 5.41) is 0. The van der Waals surface area contributed by atoms with Gasteiger partial charge in [-0.25, -0.2) is 24.3 Å². The van der Waals surface area contributed by atoms with Gasteiger partial charge in [-0.05, 0) is 167 Å². The molecule has 0 aliphatic rings. The maximum atomic E-state index is 13.6. The van der Waals surface area contributed by atoms with E-state index in [1.54, 1.807) is 37.6 Å². The Morgan fingerprint density at radius 1 is 0.370 bits per heavy atom. The fourth-order valence-corrected chi connectivity index (χ4v) is 10.1. The molecule has 4 aromatic heterocycles. The fourth-order valence-electron chi connectivity index (χ4n) is 10.1. The van der Waals surface area contributed by atoms with Crippen LogP contribution in [-0.4, -0.2) is 46.5 Å². The number of ether oxygens (including phenoxy) is 3. The molecule has 0 fully saturated rings. The second-order valence-electron chi connectivity index (χ2n) is 19.6. The number of nitrogens with zero attached hydrogens (tertiary/aromatic N) is 4. The Bertz CT molecular complexity index is 3310. The average Bonchev–Trinajstić information content (AvgIpc) is 4.42. The summed E-state index contributed by atoms with van der Waals surface area (Å²) in [5.41, 5.74) is 19.7. The van der Waals surface area contributed by atoms with Crippen molar-refractivity contribution in [1.82, 2.24) is 39.9 Å². The van der Waals surface area contributed by atoms with Crippen LogP contribution in [0.15, 0.2) is 165 Å². The molecule has 0 bridgehead atoms. The molecule has 0 atom stereocenters. The Kier molecular flexibility index (Phi) is 23.7. The molecule has 0 unspecified atom stereocenters. The summed E-state index contributed by atoms with van der Waals surface area (Å²) in [5.74, 6) is 3.64. The van der Waals surface area contributed by atoms with Crippen LogP contribution in [0.4, 0.5) is 4.39 Å². The van der Waals surface area contributed by atoms with Gasteiger partial charge in [0.25, 0.3) is 0 Å². The fraction of sp³-hybridized carbons (Fsp3) is 0.304. The SMILES string of the molecule is CCOc1ccc(CC)c(Cc2cnc[nH]2)c1CC.CCc1cc(OCc2ccccc2)cc(CC)c1Cc1cnc[nH]1.CCc1cc(Oc2ccccc2)cc(CC)c1Cc1cnc[nH]1.CCc1cccc(F)c1Cc1cnc[nH]1. The van der Waals surface area contributed by atoms with Gasteiger partial charge in [0, 0.05) is 73.2 Å². The number of H-pyrrole nitrogens is 4. The number of aromatic amines is 4. The van der Waals surface area contributed by atoms with E-state index in [4.69, 9.17) is 14.2 Å². The van der Waals surface area contributed by atoms with Gasteiger partial charge < -0.3 is 34.1 Å². The van der Waals surface area contributed by atoms with Crippen molar-refractivity contribution in [1.29, 1.82) is 0 Å². The third kappa shape index (κ3) is 17.5. The Balaban J connectivity index is 0.000000158. The molecular formula is C69H81FN8O3. The van der Waals surface area contributed by atoms with Crippen molar-refractivity contribution in [2.75, 3.05) is 6.61 Å². The van der Waals surface area contributed by atoms with Crippen LogP contribution in [0.5, 0.6) is 23.0 Å². The van der Waals surface area contributed by atoms with Gasteiger partial charge in [0.05, 0.1) is 31.9 Å². The van der Waals surface area contributed by atoms with Crippen molar-refractivity contribution in [3.8, 4) is 23.0 Å². The van der Waals surface area contributed by atoms with E-state index in [2.05, 4.69) is 130 Å². The average molecular weight is 1090 g/mol. The molecule has 10 aromatic rings. The highest BCUT2D eigenvalue weighted by Gasteiger charge is 2.16. The summed E-state index contributed by atoms with van der Waals surface area (Å²) in [6.07, 6.45) is 24.4. The van der Waals surface area contributed by atoms with Crippen LogP contribution in [0.1, 0.15) is 145 Å². The number of hydrogen-bond donors (Lipinski definition) is 4. The van der Waals surface area contributed by atoms with E-state index in [9.17, 15) is 4.39 Å². The van der Waals surface area contributed by atoms with E-state index in [0.29, 0.717) is 19.6 Å². The van der Waals surface area contributed by atoms with Crippen LogP contribution in [0, 0.1) is 5.82 Å². The molecule has 0 aliphatic carbocycles. The number of para-hydroxylation sites is 1. The first-order chi connectivity index (χ1) is 39.7. The summed E-state index contributed by atoms with van der Waals surface area (Å²) in [4.78, 5) is 28.9. The van der Waals surface area contributed by atoms with Gasteiger partial charge in [0.1, 0.15) is 35.4 Å². The summed E-state index contributed by atoms with van der Waals surface area (Å²) in [6, 6.07) is 38.5. The minimum Gasteiger partial charge on any atom is -0.494 e. The first kappa shape index (κ1) is 60.1. The summed E-state index contributed by atoms with van der Waals surface area (Å²) < 4.78 is 31.4. The van der Waals surface area contributed by atoms with Gasteiger partial charge in [-0.2, -0.15) is 0 Å². The number of halogens is 1. The number of benzene rings is 6. The van der Waals surface area contributed by atoms with Gasteiger partial charge >= 0.3 is 0 Å². The summed E-state index contributed by atoms with van der Waals surface area (Å²) in [7, 11) is 0. The van der Waals surface area contributed by atoms with E-state index >= 15 is 0 Å². The molecule has 0 radical (unpaired) electrons. The van der Waals surface area contributed by atoms with Crippen LogP contribution in [-0.2, 0) is 77.2 Å². The van der Waals surface area contributed by atoms with E-state index in [1.807, 2.05) is 87.0 Å². The molecule has 0 saturated heterocycles. The number of aryl methyl sites for hydroxylation is 6. The Morgan fingerprint density at radius 3 is 1.23 bits per heavy atom. The zero-order valence-electron chi connectivity index (χ0n) is 48.7. The zero-order chi connectivity index (χ0) is 57.2. The lowest BCUT2D eigenvalue weighted by Crippen LogP contribution is -2.05. The van der Waals surface area contributed by atoms with Crippen LogP contribution < -0.4 is 14.2 Å². The maximum absolute atomic E-state index is 13.6. The largest absolute Gasteiger partial charge is 0.494 e. The molecule has 422 valence electrons. The smallest absolute Gasteiger partial charge is 0.127 e. The molecule has 6 aromatic carbocycles. The van der Waals surface area contributed by atoms with E-state index < -0.39 is 0 Å². The highest BCUT2D eigenvalue weighted by molar-refractivity contribution is 5.48. The lowest BCUT2D eigenvalue weighted by atomic mass is 9.93. The second kappa shape index (κ2) is 31.9. The zero-order valence-corrected chi connectivity index (χ0v) is 48.7. The quantitative estimate of drug-likeness (QED) is 0.0529. The highest BCUT2D eigenvalue weighted by Crippen LogP contribution is 2.31. The van der Waals surface area contributed by atoms with E-state index in [1.165, 1.54) is 61.7 Å². The van der Waals surface area contributed by atoms with Gasteiger partial charge in [0.2, 0.25) is 0 Å². The third-order valence-corrected chi connectivity index (χ3v) is 14.4. The van der Waals surface area contributed by atoms with Gasteiger partial charge in [-0.1, -0.05) is 115 Å². The number of aromatic nitrogens is 8. The molecule has 10 rings (SSSR count). The second-order valence-corrected chi connectivity index (χ2v) is 19.6. The highest BCUT2D eigenvalue weighted by atomic mass is 19.1. The first-order valence-corrected chi connectivity index (χ1v) is 28.8. The van der Waals surface area contributed by atoms with E-state index in [-0.39, 0.29) is 5.82 Å². The lowest BCUT2D eigenvalue weighted by Gasteiger charge is -2.17. The van der Waals surface area contributed by atoms with Crippen LogP contribution in [0.2, 0.25) is 0 Å². The number of nitrogens with one attached hydrogen (secondary N) is 4. The molecule has 0 aliphatic heterocycles. The molecule has 4 heterocycles. The first-order valence-electron chi connectivity index (χ1n) is 28.8. The van der Waals surface area contributed by atoms with E-state index in [0.717, 1.165) is 121 Å². The Labute approximate surface area is 479 Å². The Hall–Kier alpha value is -8.51. The Morgan fingerprint density at radius 2 is 0.802 bits per heavy atom. The lowest BCUT2D eigenvalue weighted by molar-refractivity contribution is 0.305. The van der Waals surface area contributed by atoms with Crippen molar-refractivity contribution < 1.29 is 18.6 Å². The number of imidazole rings is 4. The number of rotatable bonds is 22. The molecule has 12 heteroatoms. The number of hydrogen-bond acceptors (Lipinski definition) is 7. The normalized spacial score (nSPS) is 10.7. The van der Waals surface area contributed by atoms with Gasteiger partial charge in [-0.3, -0.25) is 0 Å². The van der Waals surface area contributed by atoms with Crippen molar-refractivity contribution in [2.45, 2.75) is 133 Å². The van der Waals surface area contributed by atoms with Gasteiger partial charge in [-0.15, -0.1) is 0 Å². The topological polar surface area (TPSA) is 142 Å². The predicted octanol–water partition coefficient (Wildman–Crippen LogP) is 15.8. The minimum absolute atomic E-state index is 0.135. The third-order valence-electron chi connectivity index (χ3n) is 14.4. The molecule has 0 amide bonds. The molecule has 0 saturated carbocycles. The monoisotopic (exact) mass is 1090 g/mol. The predicted molar refractivity (Wildman–Crippen MR) is 325 cm³/mol. The van der Waals surface area contributed by atoms with Gasteiger partial charge in [0.15, 0.2) is 0 Å². The van der Waals surface area contributed by atoms with Crippen molar-refractivity contribution in [3.05, 3.63) is 261 Å². The molecule has 4 N–H and O–H groups in total. The standard InChI is InChI=1S/C21H24N2O.C20H22N2O.C16H22N2O.C12H13FN2/c1-3-17-10-20(24-14-16-8-6-5-7-9-16)11-18(4-2)21(17)12-19-13-22-15-23-19;1-3-15-10-19(23-18-8-6-5-7-9-18)11-16(4-2)20(15)12-17-13-21-14-22-17;1-4-12-7-8-16(19-6-3)14(5-2)15(12)9-13-10-17-11-18-13;1-2-9-4-3-5-12(13)11(9)6-10-7-14-8-15-10/h5-11,13,15H,3-4,12,14H2,1-2H3,(H,22,23);5-11,13-14H,3-4,12H2,1-2H3,(H,21,22);7-8,10-11H,4-6,9H2,1-3H3,(H,17,18);3-5,7-8H,2,6H2,1H3,(H,14,15). The molecule has 11 nitrogen and oxygen atoms in total. The van der Waals surface area contributed by atoms with Crippen LogP contribution in [0.3, 0.4) is 0 Å².